The van der Waals surface area contributed by atoms with Crippen LogP contribution in [0.5, 0.6) is 17.2 Å². The van der Waals surface area contributed by atoms with Crippen molar-refractivity contribution in [2.24, 2.45) is 0 Å². The van der Waals surface area contributed by atoms with E-state index in [4.69, 9.17) is 14.2 Å². The maximum absolute atomic E-state index is 13.5. The van der Waals surface area contributed by atoms with Crippen LogP contribution in [0.25, 0.3) is 0 Å². The number of ether oxygens (including phenoxy) is 3. The van der Waals surface area contributed by atoms with E-state index in [9.17, 15) is 18.0 Å². The van der Waals surface area contributed by atoms with Crippen molar-refractivity contribution in [2.75, 3.05) is 45.0 Å². The number of piperazine rings is 1. The normalized spacial score (nSPS) is 19.1. The Balaban J connectivity index is 1.31. The van der Waals surface area contributed by atoms with Crippen LogP contribution < -0.4 is 19.1 Å². The van der Waals surface area contributed by atoms with Gasteiger partial charge in [-0.2, -0.15) is 4.31 Å². The van der Waals surface area contributed by atoms with Gasteiger partial charge in [0.05, 0.1) is 12.8 Å². The molecule has 3 aliphatic rings. The van der Waals surface area contributed by atoms with Crippen molar-refractivity contribution in [2.45, 2.75) is 24.3 Å². The monoisotopic (exact) mass is 487 g/mol. The molecule has 0 radical (unpaired) electrons. The third-order valence-electron chi connectivity index (χ3n) is 6.25. The highest BCUT2D eigenvalue weighted by molar-refractivity contribution is 7.89. The van der Waals surface area contributed by atoms with Crippen molar-refractivity contribution < 1.29 is 32.2 Å². The maximum Gasteiger partial charge on any atom is 0.246 e. The molecule has 0 aliphatic carbocycles. The number of hydrogen-bond acceptors (Lipinski definition) is 8. The molecule has 0 atom stereocenters. The highest BCUT2D eigenvalue weighted by Gasteiger charge is 2.34. The lowest BCUT2D eigenvalue weighted by Gasteiger charge is -2.34. The zero-order chi connectivity index (χ0) is 23.9. The fourth-order valence-electron chi connectivity index (χ4n) is 4.44. The fourth-order valence-corrected chi connectivity index (χ4v) is 6.03. The van der Waals surface area contributed by atoms with Crippen molar-refractivity contribution >= 4 is 27.5 Å². The van der Waals surface area contributed by atoms with Gasteiger partial charge in [-0.05, 0) is 35.9 Å². The summed E-state index contributed by atoms with van der Waals surface area (Å²) in [6.07, 6.45) is 0.247. The Morgan fingerprint density at radius 3 is 2.32 bits per heavy atom. The lowest BCUT2D eigenvalue weighted by Crippen LogP contribution is -2.48. The Bertz CT molecular complexity index is 1220. The minimum absolute atomic E-state index is 0.0516. The summed E-state index contributed by atoms with van der Waals surface area (Å²) in [5.41, 5.74) is 1.31. The first kappa shape index (κ1) is 22.6. The number of sulfonamides is 1. The third kappa shape index (κ3) is 4.10. The van der Waals surface area contributed by atoms with Gasteiger partial charge in [-0.25, -0.2) is 8.42 Å². The number of methoxy groups -OCH3 is 1. The summed E-state index contributed by atoms with van der Waals surface area (Å²) in [7, 11) is -2.51. The van der Waals surface area contributed by atoms with Crippen LogP contribution in [0.1, 0.15) is 18.4 Å². The number of carbonyl (C=O) groups excluding carboxylic acids is 2. The smallest absolute Gasteiger partial charge is 0.246 e. The molecule has 2 fully saturated rings. The van der Waals surface area contributed by atoms with E-state index in [0.29, 0.717) is 32.7 Å². The van der Waals surface area contributed by atoms with Crippen LogP contribution in [-0.2, 0) is 26.2 Å². The molecule has 0 saturated carbocycles. The first-order valence-corrected chi connectivity index (χ1v) is 12.5. The molecule has 2 aromatic rings. The standard InChI is InChI=1S/C23H25N3O7S/c1-31-19-5-3-17(26-22(27)6-7-23(26)28)13-21(19)34(29,30)25-10-8-24(9-11-25)14-16-2-4-18-20(12-16)33-15-32-18/h2-5,12-13H,6-11,14-15H2,1H3. The molecule has 2 saturated heterocycles. The minimum atomic E-state index is -3.90. The number of benzene rings is 2. The van der Waals surface area contributed by atoms with Crippen LogP contribution in [0, 0.1) is 0 Å². The quantitative estimate of drug-likeness (QED) is 0.566. The third-order valence-corrected chi connectivity index (χ3v) is 8.17. The first-order valence-electron chi connectivity index (χ1n) is 11.0. The Hall–Kier alpha value is -3.15. The molecule has 34 heavy (non-hydrogen) atoms. The number of nitrogens with zero attached hydrogens (tertiary/aromatic N) is 3. The van der Waals surface area contributed by atoms with Gasteiger partial charge in [-0.15, -0.1) is 0 Å². The van der Waals surface area contributed by atoms with Gasteiger partial charge in [0.2, 0.25) is 28.6 Å². The van der Waals surface area contributed by atoms with E-state index in [1.54, 1.807) is 0 Å². The summed E-state index contributed by atoms with van der Waals surface area (Å²) in [6, 6.07) is 10.2. The molecule has 3 heterocycles. The Morgan fingerprint density at radius 2 is 1.62 bits per heavy atom. The van der Waals surface area contributed by atoms with Crippen molar-refractivity contribution in [3.8, 4) is 17.2 Å². The fraction of sp³-hybridized carbons (Fsp3) is 0.391. The van der Waals surface area contributed by atoms with E-state index in [1.807, 2.05) is 18.2 Å². The van der Waals surface area contributed by atoms with Crippen molar-refractivity contribution in [1.29, 1.82) is 0 Å². The van der Waals surface area contributed by atoms with E-state index in [2.05, 4.69) is 4.90 Å². The lowest BCUT2D eigenvalue weighted by molar-refractivity contribution is -0.121. The van der Waals surface area contributed by atoms with Crippen molar-refractivity contribution in [3.63, 3.8) is 0 Å². The molecule has 0 N–H and O–H groups in total. The van der Waals surface area contributed by atoms with E-state index < -0.39 is 10.0 Å². The second kappa shape index (κ2) is 8.90. The van der Waals surface area contributed by atoms with Gasteiger partial charge in [-0.3, -0.25) is 19.4 Å². The van der Waals surface area contributed by atoms with Gasteiger partial charge >= 0.3 is 0 Å². The second-order valence-corrected chi connectivity index (χ2v) is 10.2. The van der Waals surface area contributed by atoms with Gasteiger partial charge in [0.1, 0.15) is 10.6 Å². The Kier molecular flexibility index (Phi) is 5.92. The molecule has 0 aromatic heterocycles. The largest absolute Gasteiger partial charge is 0.495 e. The Morgan fingerprint density at radius 1 is 0.912 bits per heavy atom. The van der Waals surface area contributed by atoms with Gasteiger partial charge in [-0.1, -0.05) is 6.07 Å². The molecule has 0 unspecified atom stereocenters. The zero-order valence-corrected chi connectivity index (χ0v) is 19.5. The van der Waals surface area contributed by atoms with Crippen molar-refractivity contribution in [1.82, 2.24) is 9.21 Å². The highest BCUT2D eigenvalue weighted by Crippen LogP contribution is 2.35. The molecule has 180 valence electrons. The average molecular weight is 488 g/mol. The second-order valence-electron chi connectivity index (χ2n) is 8.33. The number of rotatable bonds is 6. The molecule has 0 spiro atoms. The molecule has 11 heteroatoms. The van der Waals surface area contributed by atoms with Gasteiger partial charge in [0, 0.05) is 45.6 Å². The molecule has 2 amide bonds. The molecule has 2 aromatic carbocycles. The van der Waals surface area contributed by atoms with Gasteiger partial charge < -0.3 is 14.2 Å². The summed E-state index contributed by atoms with van der Waals surface area (Å²) in [5.74, 6) is 0.950. The minimum Gasteiger partial charge on any atom is -0.495 e. The summed E-state index contributed by atoms with van der Waals surface area (Å²) >= 11 is 0. The maximum atomic E-state index is 13.5. The summed E-state index contributed by atoms with van der Waals surface area (Å²) < 4.78 is 44.5. The van der Waals surface area contributed by atoms with Crippen LogP contribution in [0.2, 0.25) is 0 Å². The Labute approximate surface area is 197 Å². The van der Waals surface area contributed by atoms with E-state index >= 15 is 0 Å². The van der Waals surface area contributed by atoms with Crippen LogP contribution in [0.3, 0.4) is 0 Å². The van der Waals surface area contributed by atoms with Gasteiger partial charge in [0.15, 0.2) is 11.5 Å². The van der Waals surface area contributed by atoms with Crippen LogP contribution in [0.4, 0.5) is 5.69 Å². The topological polar surface area (TPSA) is 106 Å². The number of carbonyl (C=O) groups is 2. The lowest BCUT2D eigenvalue weighted by atomic mass is 10.2. The number of imide groups is 1. The molecule has 0 bridgehead atoms. The van der Waals surface area contributed by atoms with E-state index in [-0.39, 0.29) is 47.8 Å². The van der Waals surface area contributed by atoms with Crippen molar-refractivity contribution in [3.05, 3.63) is 42.0 Å². The van der Waals surface area contributed by atoms with Crippen LogP contribution in [0.15, 0.2) is 41.3 Å². The van der Waals surface area contributed by atoms with Crippen LogP contribution >= 0.6 is 0 Å². The van der Waals surface area contributed by atoms with Crippen LogP contribution in [-0.4, -0.2) is 69.5 Å². The number of fused-ring (bicyclic) bond motifs is 1. The van der Waals surface area contributed by atoms with E-state index in [0.717, 1.165) is 22.0 Å². The molecular weight excluding hydrogens is 462 g/mol. The predicted octanol–water partition coefficient (Wildman–Crippen LogP) is 1.58. The SMILES string of the molecule is COc1ccc(N2C(=O)CCC2=O)cc1S(=O)(=O)N1CCN(Cc2ccc3c(c2)OCO3)CC1. The summed E-state index contributed by atoms with van der Waals surface area (Å²) in [5, 5.41) is 0. The predicted molar refractivity (Wildman–Crippen MR) is 121 cm³/mol. The molecule has 5 rings (SSSR count). The van der Waals surface area contributed by atoms with E-state index in [1.165, 1.54) is 29.6 Å². The number of hydrogen-bond donors (Lipinski definition) is 0. The molecular formula is C23H25N3O7S. The molecule has 10 nitrogen and oxygen atoms in total. The average Bonchev–Trinajstić information content (AvgIpc) is 3.44. The zero-order valence-electron chi connectivity index (χ0n) is 18.7. The highest BCUT2D eigenvalue weighted by atomic mass is 32.2. The van der Waals surface area contributed by atoms with Gasteiger partial charge in [0.25, 0.3) is 0 Å². The number of amides is 2. The molecule has 3 aliphatic heterocycles. The number of anilines is 1. The summed E-state index contributed by atoms with van der Waals surface area (Å²) in [4.78, 5) is 27.5. The summed E-state index contributed by atoms with van der Waals surface area (Å²) in [6.45, 7) is 2.61. The first-order chi connectivity index (χ1) is 16.4.